The van der Waals surface area contributed by atoms with Crippen LogP contribution in [0.15, 0.2) is 54.6 Å². The molecule has 1 atom stereocenters. The standard InChI is InChI=1S/C18H23NO/c1-15(12-19-2)18-10-8-17(9-11-18)14-20-13-16-6-4-3-5-7-16/h3-11,15,19H,12-14H2,1-2H3. The summed E-state index contributed by atoms with van der Waals surface area (Å²) in [6.07, 6.45) is 0. The fraction of sp³-hybridized carbons (Fsp3) is 0.333. The molecule has 1 unspecified atom stereocenters. The number of ether oxygens (including phenoxy) is 1. The fourth-order valence-electron chi connectivity index (χ4n) is 2.23. The summed E-state index contributed by atoms with van der Waals surface area (Å²) in [5.41, 5.74) is 3.80. The third-order valence-electron chi connectivity index (χ3n) is 3.44. The van der Waals surface area contributed by atoms with Crippen LogP contribution in [-0.4, -0.2) is 13.6 Å². The Labute approximate surface area is 121 Å². The summed E-state index contributed by atoms with van der Waals surface area (Å²) < 4.78 is 5.74. The van der Waals surface area contributed by atoms with E-state index in [0.717, 1.165) is 6.54 Å². The van der Waals surface area contributed by atoms with Gasteiger partial charge < -0.3 is 10.1 Å². The molecule has 0 aliphatic rings. The second-order valence-electron chi connectivity index (χ2n) is 5.18. The zero-order chi connectivity index (χ0) is 14.2. The molecular formula is C18H23NO. The maximum atomic E-state index is 5.74. The highest BCUT2D eigenvalue weighted by atomic mass is 16.5. The predicted molar refractivity (Wildman–Crippen MR) is 83.7 cm³/mol. The second-order valence-corrected chi connectivity index (χ2v) is 5.18. The lowest BCUT2D eigenvalue weighted by molar-refractivity contribution is 0.107. The van der Waals surface area contributed by atoms with Crippen molar-refractivity contribution in [2.45, 2.75) is 26.1 Å². The van der Waals surface area contributed by atoms with Crippen LogP contribution in [0.5, 0.6) is 0 Å². The Balaban J connectivity index is 1.82. The average Bonchev–Trinajstić information content (AvgIpc) is 2.49. The van der Waals surface area contributed by atoms with Gasteiger partial charge in [-0.3, -0.25) is 0 Å². The maximum Gasteiger partial charge on any atom is 0.0721 e. The van der Waals surface area contributed by atoms with Crippen LogP contribution in [0.3, 0.4) is 0 Å². The highest BCUT2D eigenvalue weighted by Gasteiger charge is 2.03. The Kier molecular flexibility index (Phi) is 5.78. The third-order valence-corrected chi connectivity index (χ3v) is 3.44. The van der Waals surface area contributed by atoms with Crippen LogP contribution in [0.25, 0.3) is 0 Å². The molecule has 0 radical (unpaired) electrons. The Morgan fingerprint density at radius 2 is 1.50 bits per heavy atom. The molecule has 0 aliphatic heterocycles. The largest absolute Gasteiger partial charge is 0.372 e. The molecule has 0 aromatic heterocycles. The van der Waals surface area contributed by atoms with Crippen molar-refractivity contribution in [2.75, 3.05) is 13.6 Å². The van der Waals surface area contributed by atoms with Crippen LogP contribution in [0, 0.1) is 0 Å². The molecule has 0 amide bonds. The Morgan fingerprint density at radius 1 is 0.900 bits per heavy atom. The first-order valence-corrected chi connectivity index (χ1v) is 7.14. The predicted octanol–water partition coefficient (Wildman–Crippen LogP) is 3.73. The molecule has 0 heterocycles. The van der Waals surface area contributed by atoms with Crippen LogP contribution in [0.2, 0.25) is 0 Å². The maximum absolute atomic E-state index is 5.74. The van der Waals surface area contributed by atoms with E-state index < -0.39 is 0 Å². The van der Waals surface area contributed by atoms with Gasteiger partial charge in [-0.05, 0) is 29.7 Å². The monoisotopic (exact) mass is 269 g/mol. The van der Waals surface area contributed by atoms with Crippen molar-refractivity contribution in [3.8, 4) is 0 Å². The molecule has 2 nitrogen and oxygen atoms in total. The molecule has 0 saturated heterocycles. The van der Waals surface area contributed by atoms with Crippen molar-refractivity contribution >= 4 is 0 Å². The van der Waals surface area contributed by atoms with E-state index in [2.05, 4.69) is 48.6 Å². The molecular weight excluding hydrogens is 246 g/mol. The van der Waals surface area contributed by atoms with E-state index in [9.17, 15) is 0 Å². The van der Waals surface area contributed by atoms with Gasteiger partial charge in [-0.25, -0.2) is 0 Å². The number of hydrogen-bond acceptors (Lipinski definition) is 2. The van der Waals surface area contributed by atoms with Crippen LogP contribution >= 0.6 is 0 Å². The zero-order valence-electron chi connectivity index (χ0n) is 12.3. The van der Waals surface area contributed by atoms with Crippen LogP contribution in [-0.2, 0) is 18.0 Å². The molecule has 0 spiro atoms. The first kappa shape index (κ1) is 14.8. The molecule has 0 bridgehead atoms. The van der Waals surface area contributed by atoms with Crippen molar-refractivity contribution in [1.29, 1.82) is 0 Å². The van der Waals surface area contributed by atoms with E-state index in [1.54, 1.807) is 0 Å². The lowest BCUT2D eigenvalue weighted by Crippen LogP contribution is -2.14. The summed E-state index contributed by atoms with van der Waals surface area (Å²) in [7, 11) is 1.99. The van der Waals surface area contributed by atoms with Gasteiger partial charge in [-0.2, -0.15) is 0 Å². The van der Waals surface area contributed by atoms with Gasteiger partial charge in [0, 0.05) is 6.54 Å². The van der Waals surface area contributed by atoms with Gasteiger partial charge in [0.1, 0.15) is 0 Å². The first-order chi connectivity index (χ1) is 9.79. The van der Waals surface area contributed by atoms with Gasteiger partial charge in [0.25, 0.3) is 0 Å². The van der Waals surface area contributed by atoms with Gasteiger partial charge in [0.15, 0.2) is 0 Å². The number of benzene rings is 2. The summed E-state index contributed by atoms with van der Waals surface area (Å²) in [6, 6.07) is 19.0. The molecule has 2 aromatic rings. The molecule has 106 valence electrons. The van der Waals surface area contributed by atoms with E-state index in [4.69, 9.17) is 4.74 Å². The molecule has 0 saturated carbocycles. The highest BCUT2D eigenvalue weighted by Crippen LogP contribution is 2.15. The van der Waals surface area contributed by atoms with Gasteiger partial charge in [0.05, 0.1) is 13.2 Å². The SMILES string of the molecule is CNCC(C)c1ccc(COCc2ccccc2)cc1. The molecule has 0 fully saturated rings. The Morgan fingerprint density at radius 3 is 2.10 bits per heavy atom. The number of nitrogens with one attached hydrogen (secondary N) is 1. The summed E-state index contributed by atoms with van der Waals surface area (Å²) in [5.74, 6) is 0.541. The van der Waals surface area contributed by atoms with Crippen LogP contribution in [0.1, 0.15) is 29.5 Å². The molecule has 2 heteroatoms. The smallest absolute Gasteiger partial charge is 0.0721 e. The number of likely N-dealkylation sites (N-methyl/N-ethyl adjacent to an activating group) is 1. The van der Waals surface area contributed by atoms with Gasteiger partial charge >= 0.3 is 0 Å². The average molecular weight is 269 g/mol. The van der Waals surface area contributed by atoms with Crippen molar-refractivity contribution in [2.24, 2.45) is 0 Å². The highest BCUT2D eigenvalue weighted by molar-refractivity contribution is 5.25. The normalized spacial score (nSPS) is 12.3. The van der Waals surface area contributed by atoms with Gasteiger partial charge in [-0.1, -0.05) is 61.5 Å². The van der Waals surface area contributed by atoms with Crippen molar-refractivity contribution in [1.82, 2.24) is 5.32 Å². The summed E-state index contributed by atoms with van der Waals surface area (Å²) >= 11 is 0. The molecule has 2 aromatic carbocycles. The molecule has 20 heavy (non-hydrogen) atoms. The summed E-state index contributed by atoms with van der Waals surface area (Å²) in [4.78, 5) is 0. The van der Waals surface area contributed by atoms with E-state index in [1.807, 2.05) is 25.2 Å². The van der Waals surface area contributed by atoms with Crippen LogP contribution in [0.4, 0.5) is 0 Å². The van der Waals surface area contributed by atoms with E-state index >= 15 is 0 Å². The van der Waals surface area contributed by atoms with Crippen molar-refractivity contribution in [3.05, 3.63) is 71.3 Å². The van der Waals surface area contributed by atoms with Gasteiger partial charge in [-0.15, -0.1) is 0 Å². The van der Waals surface area contributed by atoms with E-state index in [-0.39, 0.29) is 0 Å². The summed E-state index contributed by atoms with van der Waals surface area (Å²) in [5, 5.41) is 3.21. The fourth-order valence-corrected chi connectivity index (χ4v) is 2.23. The molecule has 0 aliphatic carbocycles. The Hall–Kier alpha value is -1.64. The minimum absolute atomic E-state index is 0.541. The molecule has 2 rings (SSSR count). The lowest BCUT2D eigenvalue weighted by Gasteiger charge is -2.12. The van der Waals surface area contributed by atoms with E-state index in [1.165, 1.54) is 16.7 Å². The first-order valence-electron chi connectivity index (χ1n) is 7.14. The second kappa shape index (κ2) is 7.83. The zero-order valence-corrected chi connectivity index (χ0v) is 12.3. The lowest BCUT2D eigenvalue weighted by atomic mass is 10.00. The summed E-state index contributed by atoms with van der Waals surface area (Å²) in [6.45, 7) is 4.57. The topological polar surface area (TPSA) is 21.3 Å². The minimum atomic E-state index is 0.541. The number of rotatable bonds is 7. The minimum Gasteiger partial charge on any atom is -0.372 e. The number of hydrogen-bond donors (Lipinski definition) is 1. The van der Waals surface area contributed by atoms with Crippen molar-refractivity contribution in [3.63, 3.8) is 0 Å². The van der Waals surface area contributed by atoms with Crippen molar-refractivity contribution < 1.29 is 4.74 Å². The quantitative estimate of drug-likeness (QED) is 0.827. The van der Waals surface area contributed by atoms with E-state index in [0.29, 0.717) is 19.1 Å². The third kappa shape index (κ3) is 4.48. The van der Waals surface area contributed by atoms with Gasteiger partial charge in [0.2, 0.25) is 0 Å². The molecule has 1 N–H and O–H groups in total. The van der Waals surface area contributed by atoms with Crippen LogP contribution < -0.4 is 5.32 Å². The Bertz CT molecular complexity index is 493.